The molecule has 0 aromatic carbocycles. The molecule has 0 N–H and O–H groups in total. The molecule has 3 rings (SSSR count). The summed E-state index contributed by atoms with van der Waals surface area (Å²) in [6.45, 7) is 4.77. The van der Waals surface area contributed by atoms with Gasteiger partial charge in [0.2, 0.25) is 5.91 Å². The first-order valence-corrected chi connectivity index (χ1v) is 7.87. The van der Waals surface area contributed by atoms with E-state index in [0.717, 1.165) is 12.8 Å². The lowest BCUT2D eigenvalue weighted by molar-refractivity contribution is -0.135. The van der Waals surface area contributed by atoms with Crippen LogP contribution < -0.4 is 0 Å². The third kappa shape index (κ3) is 3.32. The molecule has 0 spiro atoms. The van der Waals surface area contributed by atoms with Gasteiger partial charge < -0.3 is 19.0 Å². The predicted molar refractivity (Wildman–Crippen MR) is 79.5 cm³/mol. The van der Waals surface area contributed by atoms with E-state index in [2.05, 4.69) is 0 Å². The minimum Gasteiger partial charge on any atom is -0.469 e. The van der Waals surface area contributed by atoms with Crippen molar-refractivity contribution in [1.82, 2.24) is 9.80 Å². The number of hydrogen-bond donors (Lipinski definition) is 0. The zero-order chi connectivity index (χ0) is 15.5. The number of nitrogens with zero attached hydrogens (tertiary/aromatic N) is 2. The van der Waals surface area contributed by atoms with E-state index < -0.39 is 0 Å². The molecule has 6 nitrogen and oxygen atoms in total. The van der Waals surface area contributed by atoms with Crippen LogP contribution in [-0.4, -0.2) is 60.5 Å². The van der Waals surface area contributed by atoms with Crippen LogP contribution in [0, 0.1) is 6.92 Å². The van der Waals surface area contributed by atoms with Crippen LogP contribution in [0.3, 0.4) is 0 Å². The van der Waals surface area contributed by atoms with E-state index in [-0.39, 0.29) is 17.9 Å². The number of carbonyl (C=O) groups excluding carboxylic acids is 2. The molecule has 22 heavy (non-hydrogen) atoms. The molecule has 0 bridgehead atoms. The molecule has 1 saturated heterocycles. The molecule has 1 saturated carbocycles. The predicted octanol–water partition coefficient (Wildman–Crippen LogP) is 1.44. The third-order valence-electron chi connectivity index (χ3n) is 4.27. The molecule has 2 aliphatic rings. The number of rotatable bonds is 5. The standard InChI is InChI=1S/C16H22N2O4/c1-12-14(5-9-22-12)16(20)18(13-2-3-13)6-4-15(19)17-7-10-21-11-8-17/h5,9,13H,2-4,6-8,10-11H2,1H3. The summed E-state index contributed by atoms with van der Waals surface area (Å²) in [4.78, 5) is 28.5. The number of carbonyl (C=O) groups is 2. The summed E-state index contributed by atoms with van der Waals surface area (Å²) in [6.07, 6.45) is 3.95. The van der Waals surface area contributed by atoms with Gasteiger partial charge in [0.15, 0.2) is 0 Å². The average Bonchev–Trinajstić information content (AvgIpc) is 3.28. The molecule has 1 aromatic rings. The Morgan fingerprint density at radius 3 is 2.64 bits per heavy atom. The van der Waals surface area contributed by atoms with Crippen molar-refractivity contribution in [2.75, 3.05) is 32.8 Å². The highest BCUT2D eigenvalue weighted by Crippen LogP contribution is 2.29. The topological polar surface area (TPSA) is 63.0 Å². The molecule has 1 aliphatic heterocycles. The normalized spacial score (nSPS) is 18.3. The lowest BCUT2D eigenvalue weighted by Crippen LogP contribution is -2.43. The monoisotopic (exact) mass is 306 g/mol. The highest BCUT2D eigenvalue weighted by molar-refractivity contribution is 5.95. The fourth-order valence-electron chi connectivity index (χ4n) is 2.78. The maximum Gasteiger partial charge on any atom is 0.257 e. The Hall–Kier alpha value is -1.82. The van der Waals surface area contributed by atoms with Crippen molar-refractivity contribution in [2.45, 2.75) is 32.2 Å². The van der Waals surface area contributed by atoms with Crippen LogP contribution in [0.5, 0.6) is 0 Å². The lowest BCUT2D eigenvalue weighted by atomic mass is 10.2. The van der Waals surface area contributed by atoms with Crippen LogP contribution in [-0.2, 0) is 9.53 Å². The molecule has 2 amide bonds. The van der Waals surface area contributed by atoms with E-state index >= 15 is 0 Å². The second kappa shape index (κ2) is 6.52. The van der Waals surface area contributed by atoms with Crippen molar-refractivity contribution >= 4 is 11.8 Å². The summed E-state index contributed by atoms with van der Waals surface area (Å²) in [5.74, 6) is 0.712. The van der Waals surface area contributed by atoms with E-state index in [4.69, 9.17) is 9.15 Å². The van der Waals surface area contributed by atoms with Gasteiger partial charge in [0.05, 0.1) is 25.0 Å². The van der Waals surface area contributed by atoms with Crippen molar-refractivity contribution in [3.63, 3.8) is 0 Å². The number of hydrogen-bond acceptors (Lipinski definition) is 4. The number of furan rings is 1. The minimum absolute atomic E-state index is 0.0245. The van der Waals surface area contributed by atoms with Crippen LogP contribution in [0.4, 0.5) is 0 Å². The molecule has 2 heterocycles. The molecule has 2 fully saturated rings. The molecule has 0 atom stereocenters. The van der Waals surface area contributed by atoms with Gasteiger partial charge >= 0.3 is 0 Å². The van der Waals surface area contributed by atoms with Crippen molar-refractivity contribution in [2.24, 2.45) is 0 Å². The van der Waals surface area contributed by atoms with Crippen molar-refractivity contribution < 1.29 is 18.7 Å². The third-order valence-corrected chi connectivity index (χ3v) is 4.27. The van der Waals surface area contributed by atoms with E-state index in [9.17, 15) is 9.59 Å². The molecule has 120 valence electrons. The minimum atomic E-state index is -0.0245. The number of amides is 2. The summed E-state index contributed by atoms with van der Waals surface area (Å²) in [5.41, 5.74) is 0.603. The molecular formula is C16H22N2O4. The number of morpholine rings is 1. The fourth-order valence-corrected chi connectivity index (χ4v) is 2.78. The van der Waals surface area contributed by atoms with Crippen molar-refractivity contribution in [1.29, 1.82) is 0 Å². The number of aryl methyl sites for hydroxylation is 1. The maximum atomic E-state index is 12.6. The van der Waals surface area contributed by atoms with Gasteiger partial charge in [-0.25, -0.2) is 0 Å². The summed E-state index contributed by atoms with van der Waals surface area (Å²) < 4.78 is 10.5. The summed E-state index contributed by atoms with van der Waals surface area (Å²) in [5, 5.41) is 0. The molecular weight excluding hydrogens is 284 g/mol. The summed E-state index contributed by atoms with van der Waals surface area (Å²) >= 11 is 0. The quantitative estimate of drug-likeness (QED) is 0.826. The zero-order valence-electron chi connectivity index (χ0n) is 12.9. The second-order valence-corrected chi connectivity index (χ2v) is 5.86. The van der Waals surface area contributed by atoms with Crippen LogP contribution in [0.25, 0.3) is 0 Å². The van der Waals surface area contributed by atoms with Crippen LogP contribution in [0.15, 0.2) is 16.7 Å². The Kier molecular flexibility index (Phi) is 4.47. The summed E-state index contributed by atoms with van der Waals surface area (Å²) in [7, 11) is 0. The van der Waals surface area contributed by atoms with Crippen LogP contribution >= 0.6 is 0 Å². The van der Waals surface area contributed by atoms with Gasteiger partial charge in [0, 0.05) is 32.1 Å². The first-order valence-electron chi connectivity index (χ1n) is 7.87. The van der Waals surface area contributed by atoms with Gasteiger partial charge in [0.1, 0.15) is 5.76 Å². The zero-order valence-corrected chi connectivity index (χ0v) is 12.9. The van der Waals surface area contributed by atoms with Gasteiger partial charge in [-0.15, -0.1) is 0 Å². The first-order chi connectivity index (χ1) is 10.7. The molecule has 0 unspecified atom stereocenters. The highest BCUT2D eigenvalue weighted by atomic mass is 16.5. The van der Waals surface area contributed by atoms with Crippen molar-refractivity contribution in [3.8, 4) is 0 Å². The second-order valence-electron chi connectivity index (χ2n) is 5.86. The molecule has 1 aliphatic carbocycles. The smallest absolute Gasteiger partial charge is 0.257 e. The molecule has 1 aromatic heterocycles. The van der Waals surface area contributed by atoms with Gasteiger partial charge in [-0.3, -0.25) is 9.59 Å². The Morgan fingerprint density at radius 1 is 1.32 bits per heavy atom. The Bertz CT molecular complexity index is 544. The Labute approximate surface area is 130 Å². The van der Waals surface area contributed by atoms with Gasteiger partial charge in [-0.05, 0) is 25.8 Å². The van der Waals surface area contributed by atoms with E-state index in [1.807, 2.05) is 9.80 Å². The maximum absolute atomic E-state index is 12.6. The largest absolute Gasteiger partial charge is 0.469 e. The highest BCUT2D eigenvalue weighted by Gasteiger charge is 2.34. The van der Waals surface area contributed by atoms with Crippen LogP contribution in [0.2, 0.25) is 0 Å². The molecule has 6 heteroatoms. The average molecular weight is 306 g/mol. The molecule has 0 radical (unpaired) electrons. The van der Waals surface area contributed by atoms with Gasteiger partial charge in [-0.1, -0.05) is 0 Å². The fraction of sp³-hybridized carbons (Fsp3) is 0.625. The van der Waals surface area contributed by atoms with E-state index in [0.29, 0.717) is 50.6 Å². The summed E-state index contributed by atoms with van der Waals surface area (Å²) in [6, 6.07) is 1.98. The lowest BCUT2D eigenvalue weighted by Gasteiger charge is -2.28. The number of ether oxygens (including phenoxy) is 1. The van der Waals surface area contributed by atoms with Gasteiger partial charge in [0.25, 0.3) is 5.91 Å². The van der Waals surface area contributed by atoms with Crippen LogP contribution in [0.1, 0.15) is 35.4 Å². The van der Waals surface area contributed by atoms with E-state index in [1.54, 1.807) is 13.0 Å². The van der Waals surface area contributed by atoms with Crippen molar-refractivity contribution in [3.05, 3.63) is 23.7 Å². The van der Waals surface area contributed by atoms with Gasteiger partial charge in [-0.2, -0.15) is 0 Å². The Balaban J connectivity index is 1.59. The SMILES string of the molecule is Cc1occc1C(=O)N(CCC(=O)N1CCOCC1)C1CC1. The Morgan fingerprint density at radius 2 is 2.05 bits per heavy atom. The first kappa shape index (κ1) is 15.1. The van der Waals surface area contributed by atoms with E-state index in [1.165, 1.54) is 6.26 Å².